The minimum atomic E-state index is -0.352. The van der Waals surface area contributed by atoms with Gasteiger partial charge in [0.25, 0.3) is 11.8 Å². The summed E-state index contributed by atoms with van der Waals surface area (Å²) in [6.07, 6.45) is 1.66. The fourth-order valence-corrected chi connectivity index (χ4v) is 3.97. The molecule has 0 aliphatic heterocycles. The van der Waals surface area contributed by atoms with E-state index in [9.17, 15) is 9.59 Å². The van der Waals surface area contributed by atoms with Crippen LogP contribution in [0.1, 0.15) is 40.9 Å². The molecule has 0 saturated carbocycles. The average Bonchev–Trinajstić information content (AvgIpc) is 3.21. The molecular formula is C19H21ClN4O2S. The molecule has 6 nitrogen and oxygen atoms in total. The number of halogens is 1. The van der Waals surface area contributed by atoms with Gasteiger partial charge in [0.1, 0.15) is 4.88 Å². The highest BCUT2D eigenvalue weighted by molar-refractivity contribution is 7.21. The Kier molecular flexibility index (Phi) is 5.82. The van der Waals surface area contributed by atoms with Crippen LogP contribution in [-0.2, 0) is 6.54 Å². The highest BCUT2D eigenvalue weighted by Crippen LogP contribution is 2.35. The van der Waals surface area contributed by atoms with Crippen LogP contribution < -0.4 is 10.6 Å². The molecular weight excluding hydrogens is 384 g/mol. The molecule has 27 heavy (non-hydrogen) atoms. The Morgan fingerprint density at radius 1 is 1.26 bits per heavy atom. The quantitative estimate of drug-likeness (QED) is 0.638. The van der Waals surface area contributed by atoms with Gasteiger partial charge in [-0.1, -0.05) is 43.6 Å². The van der Waals surface area contributed by atoms with Crippen LogP contribution in [0.25, 0.3) is 10.1 Å². The first-order chi connectivity index (χ1) is 12.9. The smallest absolute Gasteiger partial charge is 0.273 e. The van der Waals surface area contributed by atoms with Crippen molar-refractivity contribution in [3.63, 3.8) is 0 Å². The summed E-state index contributed by atoms with van der Waals surface area (Å²) in [4.78, 5) is 25.7. The van der Waals surface area contributed by atoms with Gasteiger partial charge < -0.3 is 10.6 Å². The highest BCUT2D eigenvalue weighted by Gasteiger charge is 2.22. The normalized spacial score (nSPS) is 11.1. The molecule has 0 bridgehead atoms. The molecule has 0 unspecified atom stereocenters. The van der Waals surface area contributed by atoms with Crippen LogP contribution in [0.4, 0.5) is 5.69 Å². The number of carbonyl (C=O) groups is 2. The fourth-order valence-electron chi connectivity index (χ4n) is 2.56. The molecule has 2 heterocycles. The number of nitrogens with zero attached hydrogens (tertiary/aromatic N) is 2. The van der Waals surface area contributed by atoms with Gasteiger partial charge in [-0.25, -0.2) is 0 Å². The third-order valence-electron chi connectivity index (χ3n) is 3.96. The molecule has 0 spiro atoms. The number of benzene rings is 1. The van der Waals surface area contributed by atoms with Gasteiger partial charge in [-0.2, -0.15) is 5.10 Å². The molecule has 142 valence electrons. The van der Waals surface area contributed by atoms with E-state index in [4.69, 9.17) is 11.6 Å². The second kappa shape index (κ2) is 8.10. The summed E-state index contributed by atoms with van der Waals surface area (Å²) in [7, 11) is 0. The van der Waals surface area contributed by atoms with E-state index >= 15 is 0 Å². The predicted octanol–water partition coefficient (Wildman–Crippen LogP) is 4.41. The minimum Gasteiger partial charge on any atom is -0.350 e. The maximum Gasteiger partial charge on any atom is 0.273 e. The van der Waals surface area contributed by atoms with Crippen LogP contribution in [0.5, 0.6) is 0 Å². The van der Waals surface area contributed by atoms with E-state index in [1.54, 1.807) is 10.9 Å². The summed E-state index contributed by atoms with van der Waals surface area (Å²) in [5.41, 5.74) is 0.569. The second-order valence-corrected chi connectivity index (χ2v) is 7.98. The van der Waals surface area contributed by atoms with Crippen molar-refractivity contribution in [3.05, 3.63) is 46.1 Å². The molecule has 2 N–H and O–H groups in total. The van der Waals surface area contributed by atoms with Crippen molar-refractivity contribution in [1.82, 2.24) is 15.1 Å². The van der Waals surface area contributed by atoms with E-state index in [-0.39, 0.29) is 17.5 Å². The number of rotatable bonds is 6. The van der Waals surface area contributed by atoms with E-state index in [2.05, 4.69) is 15.7 Å². The zero-order valence-corrected chi connectivity index (χ0v) is 16.9. The Hall–Kier alpha value is -2.38. The Morgan fingerprint density at radius 2 is 2.00 bits per heavy atom. The maximum absolute atomic E-state index is 12.8. The van der Waals surface area contributed by atoms with Gasteiger partial charge in [0.05, 0.1) is 10.7 Å². The van der Waals surface area contributed by atoms with Crippen LogP contribution >= 0.6 is 22.9 Å². The van der Waals surface area contributed by atoms with Gasteiger partial charge >= 0.3 is 0 Å². The van der Waals surface area contributed by atoms with Gasteiger partial charge in [0.2, 0.25) is 0 Å². The van der Waals surface area contributed by atoms with Crippen LogP contribution in [0.2, 0.25) is 5.02 Å². The van der Waals surface area contributed by atoms with Crippen molar-refractivity contribution in [1.29, 1.82) is 0 Å². The number of aryl methyl sites for hydroxylation is 1. The Morgan fingerprint density at radius 3 is 2.67 bits per heavy atom. The topological polar surface area (TPSA) is 76.0 Å². The van der Waals surface area contributed by atoms with Crippen LogP contribution in [-0.4, -0.2) is 28.1 Å². The molecule has 0 aliphatic carbocycles. The van der Waals surface area contributed by atoms with Gasteiger partial charge in [0.15, 0.2) is 5.69 Å². The number of hydrogen-bond donors (Lipinski definition) is 2. The predicted molar refractivity (Wildman–Crippen MR) is 110 cm³/mol. The molecule has 8 heteroatoms. The number of carbonyl (C=O) groups excluding carboxylic acids is 2. The second-order valence-electron chi connectivity index (χ2n) is 6.55. The Balaban J connectivity index is 1.87. The van der Waals surface area contributed by atoms with Crippen LogP contribution in [0, 0.1) is 5.92 Å². The summed E-state index contributed by atoms with van der Waals surface area (Å²) >= 11 is 7.71. The lowest BCUT2D eigenvalue weighted by molar-refractivity contribution is 0.0944. The van der Waals surface area contributed by atoms with Crippen molar-refractivity contribution >= 4 is 50.5 Å². The van der Waals surface area contributed by atoms with E-state index in [1.165, 1.54) is 11.3 Å². The maximum atomic E-state index is 12.8. The number of thiophene rings is 1. The van der Waals surface area contributed by atoms with E-state index in [1.807, 2.05) is 45.0 Å². The summed E-state index contributed by atoms with van der Waals surface area (Å²) < 4.78 is 2.55. The zero-order chi connectivity index (χ0) is 19.6. The lowest BCUT2D eigenvalue weighted by Gasteiger charge is -2.08. The monoisotopic (exact) mass is 404 g/mol. The summed E-state index contributed by atoms with van der Waals surface area (Å²) in [6.45, 7) is 7.06. The fraction of sp³-hybridized carbons (Fsp3) is 0.316. The average molecular weight is 405 g/mol. The minimum absolute atomic E-state index is 0.197. The molecule has 2 aromatic heterocycles. The zero-order valence-electron chi connectivity index (χ0n) is 15.4. The first-order valence-electron chi connectivity index (χ1n) is 8.74. The molecule has 0 saturated heterocycles. The third-order valence-corrected chi connectivity index (χ3v) is 5.64. The molecule has 3 aromatic rings. The van der Waals surface area contributed by atoms with E-state index < -0.39 is 0 Å². The van der Waals surface area contributed by atoms with Gasteiger partial charge in [-0.3, -0.25) is 14.3 Å². The van der Waals surface area contributed by atoms with Crippen molar-refractivity contribution in [2.45, 2.75) is 27.3 Å². The first kappa shape index (κ1) is 19.4. The summed E-state index contributed by atoms with van der Waals surface area (Å²) in [5.74, 6) is -0.346. The van der Waals surface area contributed by atoms with Crippen molar-refractivity contribution in [2.24, 2.45) is 5.92 Å². The van der Waals surface area contributed by atoms with E-state index in [0.717, 1.165) is 10.1 Å². The van der Waals surface area contributed by atoms with Gasteiger partial charge in [-0.05, 0) is 18.9 Å². The van der Waals surface area contributed by atoms with Crippen LogP contribution in [0.15, 0.2) is 30.5 Å². The largest absolute Gasteiger partial charge is 0.350 e. The Bertz CT molecular complexity index is 993. The molecule has 3 rings (SSSR count). The highest BCUT2D eigenvalue weighted by atomic mass is 35.5. The molecule has 0 atom stereocenters. The molecule has 0 fully saturated rings. The third kappa shape index (κ3) is 4.14. The van der Waals surface area contributed by atoms with Crippen molar-refractivity contribution in [3.8, 4) is 0 Å². The number of hydrogen-bond acceptors (Lipinski definition) is 4. The molecule has 0 radical (unpaired) electrons. The lowest BCUT2D eigenvalue weighted by atomic mass is 10.2. The van der Waals surface area contributed by atoms with Crippen LogP contribution in [0.3, 0.4) is 0 Å². The molecule has 1 aromatic carbocycles. The van der Waals surface area contributed by atoms with E-state index in [0.29, 0.717) is 34.6 Å². The lowest BCUT2D eigenvalue weighted by Crippen LogP contribution is -2.28. The first-order valence-corrected chi connectivity index (χ1v) is 9.94. The summed E-state index contributed by atoms with van der Waals surface area (Å²) in [6, 6.07) is 7.58. The number of fused-ring (bicyclic) bond motifs is 1. The summed E-state index contributed by atoms with van der Waals surface area (Å²) in [5, 5.41) is 11.2. The Labute approximate surface area is 166 Å². The standard InChI is InChI=1S/C19H21ClN4O2S/c1-4-24-10-13(16(23-24)18(25)21-9-11(2)3)22-19(26)17-15(20)12-7-5-6-8-14(12)27-17/h5-8,10-11H,4,9H2,1-3H3,(H,21,25)(H,22,26). The van der Waals surface area contributed by atoms with Crippen molar-refractivity contribution in [2.75, 3.05) is 11.9 Å². The molecule has 0 aliphatic rings. The van der Waals surface area contributed by atoms with Gasteiger partial charge in [-0.15, -0.1) is 11.3 Å². The number of aromatic nitrogens is 2. The van der Waals surface area contributed by atoms with Crippen molar-refractivity contribution < 1.29 is 9.59 Å². The number of amides is 2. The number of anilines is 1. The SMILES string of the molecule is CCn1cc(NC(=O)c2sc3ccccc3c2Cl)c(C(=O)NCC(C)C)n1. The van der Waals surface area contributed by atoms with Gasteiger partial charge in [0, 0.05) is 29.4 Å². The molecule has 2 amide bonds. The number of nitrogens with one attached hydrogen (secondary N) is 2.